The largest absolute Gasteiger partial charge is 0.478 e. The lowest BCUT2D eigenvalue weighted by molar-refractivity contribution is -0.390. The lowest BCUT2D eigenvalue weighted by Gasteiger charge is -2.18. The van der Waals surface area contributed by atoms with Gasteiger partial charge in [0.15, 0.2) is 23.0 Å². The first kappa shape index (κ1) is 25.3. The summed E-state index contributed by atoms with van der Waals surface area (Å²) in [4.78, 5) is 19.2. The van der Waals surface area contributed by atoms with Gasteiger partial charge in [0.25, 0.3) is 0 Å². The molecular weight excluding hydrogens is 569 g/mol. The van der Waals surface area contributed by atoms with E-state index in [0.29, 0.717) is 50.4 Å². The van der Waals surface area contributed by atoms with Gasteiger partial charge in [0, 0.05) is 48.8 Å². The summed E-state index contributed by atoms with van der Waals surface area (Å²) in [6.45, 7) is 4.23. The van der Waals surface area contributed by atoms with E-state index in [2.05, 4.69) is 31.0 Å². The number of benzene rings is 1. The van der Waals surface area contributed by atoms with Gasteiger partial charge in [-0.25, -0.2) is 9.37 Å². The molecule has 192 valence electrons. The summed E-state index contributed by atoms with van der Waals surface area (Å²) in [5, 5.41) is 16.3. The Labute approximate surface area is 224 Å². The smallest absolute Gasteiger partial charge is 0.406 e. The van der Waals surface area contributed by atoms with Crippen LogP contribution < -0.4 is 4.74 Å². The van der Waals surface area contributed by atoms with Gasteiger partial charge < -0.3 is 19.3 Å². The second-order valence-electron chi connectivity index (χ2n) is 9.02. The Morgan fingerprint density at radius 2 is 2.16 bits per heavy atom. The molecule has 37 heavy (non-hydrogen) atoms. The molecule has 0 radical (unpaired) electrons. The van der Waals surface area contributed by atoms with Crippen LogP contribution in [0.1, 0.15) is 48.6 Å². The van der Waals surface area contributed by atoms with E-state index < -0.39 is 22.7 Å². The lowest BCUT2D eigenvalue weighted by Crippen LogP contribution is -2.08. The van der Waals surface area contributed by atoms with Crippen LogP contribution in [0.25, 0.3) is 11.3 Å². The van der Waals surface area contributed by atoms with Crippen LogP contribution in [0.3, 0.4) is 0 Å². The minimum Gasteiger partial charge on any atom is -0.478 e. The predicted molar refractivity (Wildman–Crippen MR) is 137 cm³/mol. The molecule has 0 spiro atoms. The fourth-order valence-corrected chi connectivity index (χ4v) is 4.69. The second kappa shape index (κ2) is 10.2. The third-order valence-electron chi connectivity index (χ3n) is 6.06. The highest BCUT2D eigenvalue weighted by molar-refractivity contribution is 9.10. The van der Waals surface area contributed by atoms with Gasteiger partial charge in [-0.2, -0.15) is 5.10 Å². The quantitative estimate of drug-likeness (QED) is 0.155. The summed E-state index contributed by atoms with van der Waals surface area (Å²) in [7, 11) is 0. The van der Waals surface area contributed by atoms with Crippen molar-refractivity contribution in [2.45, 2.75) is 45.8 Å². The zero-order chi connectivity index (χ0) is 26.3. The summed E-state index contributed by atoms with van der Waals surface area (Å²) >= 11 is 9.68. The van der Waals surface area contributed by atoms with E-state index in [1.165, 1.54) is 37.2 Å². The monoisotopic (exact) mass is 589 g/mol. The van der Waals surface area contributed by atoms with Crippen LogP contribution in [0.5, 0.6) is 5.75 Å². The van der Waals surface area contributed by atoms with Crippen LogP contribution in [0.4, 0.5) is 10.2 Å². The van der Waals surface area contributed by atoms with Crippen LogP contribution in [0.2, 0.25) is 5.15 Å². The molecule has 0 N–H and O–H groups in total. The summed E-state index contributed by atoms with van der Waals surface area (Å²) in [6, 6.07) is 5.67. The summed E-state index contributed by atoms with van der Waals surface area (Å²) < 4.78 is 28.7. The molecule has 1 atom stereocenters. The van der Waals surface area contributed by atoms with Gasteiger partial charge in [0.2, 0.25) is 5.75 Å². The molecule has 3 heterocycles. The number of oxazole rings is 1. The number of rotatable bonds is 9. The average molecular weight is 591 g/mol. The van der Waals surface area contributed by atoms with Gasteiger partial charge in [0.1, 0.15) is 11.9 Å². The number of hydrogen-bond donors (Lipinski definition) is 0. The van der Waals surface area contributed by atoms with E-state index >= 15 is 0 Å². The molecule has 0 saturated heterocycles. The summed E-state index contributed by atoms with van der Waals surface area (Å²) in [5.74, 6) is 0.539. The average Bonchev–Trinajstić information content (AvgIpc) is 3.48. The zero-order valence-corrected chi connectivity index (χ0v) is 22.3. The van der Waals surface area contributed by atoms with Crippen molar-refractivity contribution in [3.63, 3.8) is 0 Å². The number of pyridine rings is 1. The molecule has 1 aliphatic rings. The van der Waals surface area contributed by atoms with Crippen LogP contribution in [0, 0.1) is 28.8 Å². The third kappa shape index (κ3) is 5.67. The molecule has 1 aliphatic carbocycles. The molecule has 4 aromatic rings. The van der Waals surface area contributed by atoms with E-state index in [1.807, 2.05) is 10.9 Å². The van der Waals surface area contributed by atoms with Crippen molar-refractivity contribution in [1.82, 2.24) is 19.7 Å². The molecule has 1 saturated carbocycles. The normalized spacial score (nSPS) is 14.1. The Morgan fingerprint density at radius 1 is 1.38 bits per heavy atom. The fourth-order valence-electron chi connectivity index (χ4n) is 4.16. The molecule has 9 nitrogen and oxygen atoms in total. The Balaban J connectivity index is 1.49. The van der Waals surface area contributed by atoms with Crippen LogP contribution in [-0.2, 0) is 13.0 Å². The maximum Gasteiger partial charge on any atom is 0.406 e. The Bertz CT molecular complexity index is 1490. The zero-order valence-electron chi connectivity index (χ0n) is 20.0. The Hall–Kier alpha value is -3.31. The van der Waals surface area contributed by atoms with E-state index in [4.69, 9.17) is 20.8 Å². The maximum absolute atomic E-state index is 14.4. The van der Waals surface area contributed by atoms with Crippen molar-refractivity contribution in [3.8, 4) is 17.1 Å². The number of aryl methyl sites for hydroxylation is 1. The molecule has 0 bridgehead atoms. The molecule has 1 fully saturated rings. The summed E-state index contributed by atoms with van der Waals surface area (Å²) in [6.07, 6.45) is 5.21. The maximum atomic E-state index is 14.4. The number of ether oxygens (including phenoxy) is 1. The van der Waals surface area contributed by atoms with Crippen molar-refractivity contribution in [2.75, 3.05) is 0 Å². The van der Waals surface area contributed by atoms with Gasteiger partial charge >= 0.3 is 5.82 Å². The highest BCUT2D eigenvalue weighted by atomic mass is 79.9. The highest BCUT2D eigenvalue weighted by Crippen LogP contribution is 2.38. The standard InChI is InChI=1S/C25H22BrClFN5O4/c1-13(36-22-8-17(26)10-29-25(22)33(34)35)20-9-18(28)5-6-19(20)23-21(30-14(2)37-23)7-16-12-32(31-24(16)27)11-15-3-4-15/h5-6,8-10,12-13,15H,3-4,7,11H2,1-2H3. The number of nitrogens with zero attached hydrogens (tertiary/aromatic N) is 5. The molecule has 0 amide bonds. The van der Waals surface area contributed by atoms with E-state index in [0.717, 1.165) is 12.1 Å². The second-order valence-corrected chi connectivity index (χ2v) is 10.3. The molecular formula is C25H22BrClFN5O4. The summed E-state index contributed by atoms with van der Waals surface area (Å²) in [5.41, 5.74) is 2.40. The van der Waals surface area contributed by atoms with Crippen molar-refractivity contribution in [2.24, 2.45) is 5.92 Å². The van der Waals surface area contributed by atoms with E-state index in [1.54, 1.807) is 19.9 Å². The van der Waals surface area contributed by atoms with E-state index in [-0.39, 0.29) is 5.75 Å². The topological polar surface area (TPSA) is 109 Å². The van der Waals surface area contributed by atoms with E-state index in [9.17, 15) is 14.5 Å². The van der Waals surface area contributed by atoms with Gasteiger partial charge in [-0.15, -0.1) is 0 Å². The van der Waals surface area contributed by atoms with Crippen LogP contribution >= 0.6 is 27.5 Å². The van der Waals surface area contributed by atoms with Gasteiger partial charge in [-0.1, -0.05) is 11.6 Å². The first-order valence-corrected chi connectivity index (χ1v) is 12.8. The van der Waals surface area contributed by atoms with Gasteiger partial charge in [-0.3, -0.25) is 4.68 Å². The molecule has 0 aliphatic heterocycles. The molecule has 3 aromatic heterocycles. The van der Waals surface area contributed by atoms with Crippen LogP contribution in [0.15, 0.2) is 45.5 Å². The molecule has 5 rings (SSSR count). The minimum atomic E-state index is -0.788. The van der Waals surface area contributed by atoms with Crippen molar-refractivity contribution in [1.29, 1.82) is 0 Å². The predicted octanol–water partition coefficient (Wildman–Crippen LogP) is 6.85. The van der Waals surface area contributed by atoms with Gasteiger partial charge in [-0.05, 0) is 69.7 Å². The van der Waals surface area contributed by atoms with Crippen molar-refractivity contribution < 1.29 is 18.5 Å². The SMILES string of the molecule is Cc1nc(Cc2cn(CC3CC3)nc2Cl)c(-c2ccc(F)cc2C(C)Oc2cc(Br)cnc2[N+](=O)[O-])o1. The minimum absolute atomic E-state index is 0.0501. The number of aromatic nitrogens is 4. The third-order valence-corrected chi connectivity index (χ3v) is 6.81. The molecule has 1 unspecified atom stereocenters. The number of halogens is 3. The lowest BCUT2D eigenvalue weighted by atomic mass is 9.98. The fraction of sp³-hybridized carbons (Fsp3) is 0.320. The Morgan fingerprint density at radius 3 is 2.89 bits per heavy atom. The Kier molecular flexibility index (Phi) is 7.00. The van der Waals surface area contributed by atoms with Crippen molar-refractivity contribution >= 4 is 33.3 Å². The molecule has 12 heteroatoms. The van der Waals surface area contributed by atoms with Crippen LogP contribution in [-0.4, -0.2) is 24.7 Å². The van der Waals surface area contributed by atoms with Gasteiger partial charge in [0.05, 0.1) is 10.2 Å². The molecule has 1 aromatic carbocycles. The number of hydrogen-bond acceptors (Lipinski definition) is 7. The number of nitro groups is 1. The first-order chi connectivity index (χ1) is 17.7. The highest BCUT2D eigenvalue weighted by Gasteiger charge is 2.26. The first-order valence-electron chi connectivity index (χ1n) is 11.6. The van der Waals surface area contributed by atoms with Crippen molar-refractivity contribution in [3.05, 3.63) is 84.9 Å².